The number of carbonyl (C=O) groups excluding carboxylic acids is 1. The fourth-order valence-electron chi connectivity index (χ4n) is 1.97. The number of halogens is 1. The van der Waals surface area contributed by atoms with Gasteiger partial charge < -0.3 is 9.64 Å². The van der Waals surface area contributed by atoms with Crippen LogP contribution in [0, 0.1) is 6.92 Å². The molecule has 0 atom stereocenters. The van der Waals surface area contributed by atoms with Crippen LogP contribution in [0.3, 0.4) is 0 Å². The van der Waals surface area contributed by atoms with Crippen LogP contribution in [-0.4, -0.2) is 29.8 Å². The van der Waals surface area contributed by atoms with Gasteiger partial charge in [-0.15, -0.1) is 11.6 Å². The van der Waals surface area contributed by atoms with Crippen molar-refractivity contribution in [3.8, 4) is 5.75 Å². The molecule has 1 heterocycles. The van der Waals surface area contributed by atoms with Gasteiger partial charge in [0.1, 0.15) is 12.4 Å². The number of nitrogens with zero attached hydrogens (tertiary/aromatic N) is 1. The van der Waals surface area contributed by atoms with E-state index < -0.39 is 0 Å². The Morgan fingerprint density at radius 2 is 2.35 bits per heavy atom. The van der Waals surface area contributed by atoms with Crippen LogP contribution in [0.25, 0.3) is 0 Å². The van der Waals surface area contributed by atoms with Crippen molar-refractivity contribution in [1.29, 1.82) is 0 Å². The Labute approximate surface area is 106 Å². The number of amides is 1. The quantitative estimate of drug-likeness (QED) is 0.758. The molecule has 1 aliphatic rings. The molecule has 2 rings (SSSR count). The SMILES string of the molecule is Cc1ccc2c(c1)CN(C(=O)CCCl)CCO2. The molecule has 1 aromatic carbocycles. The Bertz CT molecular complexity index is 420. The van der Waals surface area contributed by atoms with Crippen LogP contribution in [0.1, 0.15) is 17.5 Å². The Balaban J connectivity index is 2.18. The van der Waals surface area contributed by atoms with E-state index in [0.717, 1.165) is 11.3 Å². The van der Waals surface area contributed by atoms with Crippen molar-refractivity contribution >= 4 is 17.5 Å². The summed E-state index contributed by atoms with van der Waals surface area (Å²) < 4.78 is 5.64. The summed E-state index contributed by atoms with van der Waals surface area (Å²) in [5.74, 6) is 1.35. The number of hydrogen-bond donors (Lipinski definition) is 0. The highest BCUT2D eigenvalue weighted by molar-refractivity contribution is 6.18. The zero-order valence-electron chi connectivity index (χ0n) is 9.91. The lowest BCUT2D eigenvalue weighted by molar-refractivity contribution is -0.131. The predicted octanol–water partition coefficient (Wildman–Crippen LogP) is 2.34. The first-order valence-corrected chi connectivity index (χ1v) is 6.30. The number of alkyl halides is 1. The molecule has 0 N–H and O–H groups in total. The number of benzene rings is 1. The summed E-state index contributed by atoms with van der Waals surface area (Å²) in [5.41, 5.74) is 2.25. The molecule has 0 aliphatic carbocycles. The maximum atomic E-state index is 11.8. The first kappa shape index (κ1) is 12.2. The van der Waals surface area contributed by atoms with Gasteiger partial charge in [0.2, 0.25) is 5.91 Å². The number of aryl methyl sites for hydroxylation is 1. The van der Waals surface area contributed by atoms with E-state index in [1.54, 1.807) is 0 Å². The van der Waals surface area contributed by atoms with Gasteiger partial charge in [-0.25, -0.2) is 0 Å². The molecule has 1 aromatic rings. The fourth-order valence-corrected chi connectivity index (χ4v) is 2.14. The summed E-state index contributed by atoms with van der Waals surface area (Å²) in [4.78, 5) is 13.6. The monoisotopic (exact) mass is 253 g/mol. The van der Waals surface area contributed by atoms with Crippen molar-refractivity contribution in [3.05, 3.63) is 29.3 Å². The minimum Gasteiger partial charge on any atom is -0.491 e. The van der Waals surface area contributed by atoms with Crippen LogP contribution in [0.5, 0.6) is 5.75 Å². The highest BCUT2D eigenvalue weighted by atomic mass is 35.5. The second-order valence-corrected chi connectivity index (χ2v) is 4.59. The molecule has 0 saturated carbocycles. The molecule has 1 aliphatic heterocycles. The third-order valence-corrected chi connectivity index (χ3v) is 3.05. The van der Waals surface area contributed by atoms with E-state index in [-0.39, 0.29) is 5.91 Å². The van der Waals surface area contributed by atoms with Gasteiger partial charge in [0.05, 0.1) is 6.54 Å². The molecule has 0 aromatic heterocycles. The molecule has 0 saturated heterocycles. The second kappa shape index (κ2) is 5.41. The normalized spacial score (nSPS) is 14.8. The van der Waals surface area contributed by atoms with Crippen molar-refractivity contribution in [2.45, 2.75) is 19.9 Å². The lowest BCUT2D eigenvalue weighted by atomic mass is 10.1. The molecule has 0 bridgehead atoms. The van der Waals surface area contributed by atoms with Gasteiger partial charge in [-0.1, -0.05) is 17.7 Å². The highest BCUT2D eigenvalue weighted by Gasteiger charge is 2.19. The molecular formula is C13H16ClNO2. The molecule has 92 valence electrons. The van der Waals surface area contributed by atoms with Crippen LogP contribution < -0.4 is 4.74 Å². The van der Waals surface area contributed by atoms with E-state index in [4.69, 9.17) is 16.3 Å². The third-order valence-electron chi connectivity index (χ3n) is 2.86. The minimum atomic E-state index is 0.0953. The van der Waals surface area contributed by atoms with Gasteiger partial charge in [-0.05, 0) is 13.0 Å². The number of hydrogen-bond acceptors (Lipinski definition) is 2. The van der Waals surface area contributed by atoms with Gasteiger partial charge in [0, 0.05) is 24.4 Å². The van der Waals surface area contributed by atoms with Gasteiger partial charge in [-0.2, -0.15) is 0 Å². The summed E-state index contributed by atoms with van der Waals surface area (Å²) in [5, 5.41) is 0. The smallest absolute Gasteiger partial charge is 0.224 e. The average molecular weight is 254 g/mol. The van der Waals surface area contributed by atoms with Crippen molar-refractivity contribution in [1.82, 2.24) is 4.90 Å². The average Bonchev–Trinajstić information content (AvgIpc) is 2.50. The Morgan fingerprint density at radius 3 is 3.12 bits per heavy atom. The van der Waals surface area contributed by atoms with Crippen molar-refractivity contribution in [2.75, 3.05) is 19.0 Å². The van der Waals surface area contributed by atoms with Crippen LogP contribution in [0.4, 0.5) is 0 Å². The molecule has 0 fully saturated rings. The van der Waals surface area contributed by atoms with E-state index in [1.807, 2.05) is 24.0 Å². The third kappa shape index (κ3) is 2.91. The molecule has 0 radical (unpaired) electrons. The van der Waals surface area contributed by atoms with E-state index in [9.17, 15) is 4.79 Å². The molecule has 1 amide bonds. The number of carbonyl (C=O) groups is 1. The van der Waals surface area contributed by atoms with E-state index in [0.29, 0.717) is 32.0 Å². The summed E-state index contributed by atoms with van der Waals surface area (Å²) in [6, 6.07) is 6.07. The van der Waals surface area contributed by atoms with Crippen LogP contribution in [0.15, 0.2) is 18.2 Å². The predicted molar refractivity (Wildman–Crippen MR) is 67.4 cm³/mol. The number of fused-ring (bicyclic) bond motifs is 1. The molecule has 0 unspecified atom stereocenters. The summed E-state index contributed by atoms with van der Waals surface area (Å²) >= 11 is 5.60. The van der Waals surface area contributed by atoms with Crippen LogP contribution >= 0.6 is 11.6 Å². The van der Waals surface area contributed by atoms with Gasteiger partial charge in [-0.3, -0.25) is 4.79 Å². The molecule has 17 heavy (non-hydrogen) atoms. The largest absolute Gasteiger partial charge is 0.491 e. The topological polar surface area (TPSA) is 29.5 Å². The first-order valence-electron chi connectivity index (χ1n) is 5.77. The Morgan fingerprint density at radius 1 is 1.53 bits per heavy atom. The number of rotatable bonds is 2. The molecular weight excluding hydrogens is 238 g/mol. The zero-order chi connectivity index (χ0) is 12.3. The summed E-state index contributed by atoms with van der Waals surface area (Å²) in [6.45, 7) is 3.83. The second-order valence-electron chi connectivity index (χ2n) is 4.21. The molecule has 0 spiro atoms. The van der Waals surface area contributed by atoms with Crippen molar-refractivity contribution in [3.63, 3.8) is 0 Å². The highest BCUT2D eigenvalue weighted by Crippen LogP contribution is 2.24. The zero-order valence-corrected chi connectivity index (χ0v) is 10.7. The van der Waals surface area contributed by atoms with Crippen LogP contribution in [-0.2, 0) is 11.3 Å². The maximum absolute atomic E-state index is 11.8. The van der Waals surface area contributed by atoms with E-state index in [2.05, 4.69) is 6.07 Å². The van der Waals surface area contributed by atoms with Crippen LogP contribution in [0.2, 0.25) is 0 Å². The minimum absolute atomic E-state index is 0.0953. The lowest BCUT2D eigenvalue weighted by Crippen LogP contribution is -2.32. The first-order chi connectivity index (χ1) is 8.20. The van der Waals surface area contributed by atoms with Gasteiger partial charge >= 0.3 is 0 Å². The lowest BCUT2D eigenvalue weighted by Gasteiger charge is -2.19. The van der Waals surface area contributed by atoms with Gasteiger partial charge in [0.25, 0.3) is 0 Å². The Kier molecular flexibility index (Phi) is 3.89. The van der Waals surface area contributed by atoms with Gasteiger partial charge in [0.15, 0.2) is 0 Å². The standard InChI is InChI=1S/C13H16ClNO2/c1-10-2-3-12-11(8-10)9-15(6-7-17-12)13(16)4-5-14/h2-3,8H,4-7,9H2,1H3. The van der Waals surface area contributed by atoms with E-state index in [1.165, 1.54) is 5.56 Å². The fraction of sp³-hybridized carbons (Fsp3) is 0.462. The van der Waals surface area contributed by atoms with Crippen molar-refractivity contribution in [2.24, 2.45) is 0 Å². The van der Waals surface area contributed by atoms with E-state index >= 15 is 0 Å². The summed E-state index contributed by atoms with van der Waals surface area (Å²) in [7, 11) is 0. The molecule has 3 nitrogen and oxygen atoms in total. The summed E-state index contributed by atoms with van der Waals surface area (Å²) in [6.07, 6.45) is 0.392. The van der Waals surface area contributed by atoms with Crippen molar-refractivity contribution < 1.29 is 9.53 Å². The molecule has 4 heteroatoms. The Hall–Kier alpha value is -1.22. The number of ether oxygens (including phenoxy) is 1. The maximum Gasteiger partial charge on any atom is 0.224 e.